The Morgan fingerprint density at radius 2 is 1.62 bits per heavy atom. The van der Waals surface area contributed by atoms with Crippen molar-refractivity contribution in [3.05, 3.63) is 98.5 Å². The highest BCUT2D eigenvalue weighted by atomic mass is 32.2. The first-order chi connectivity index (χ1) is 20.3. The number of hydrogen-bond acceptors (Lipinski definition) is 8. The average Bonchev–Trinajstić information content (AvgIpc) is 3.44. The van der Waals surface area contributed by atoms with Crippen molar-refractivity contribution in [3.63, 3.8) is 0 Å². The summed E-state index contributed by atoms with van der Waals surface area (Å²) in [4.78, 5) is 55.9. The Bertz CT molecular complexity index is 1750. The summed E-state index contributed by atoms with van der Waals surface area (Å²) in [7, 11) is 3.11. The van der Waals surface area contributed by atoms with Crippen LogP contribution in [0.1, 0.15) is 21.9 Å². The van der Waals surface area contributed by atoms with Gasteiger partial charge in [0.05, 0.1) is 30.9 Å². The minimum absolute atomic E-state index is 0.246. The fourth-order valence-electron chi connectivity index (χ4n) is 5.48. The van der Waals surface area contributed by atoms with Gasteiger partial charge in [-0.1, -0.05) is 59.0 Å². The van der Waals surface area contributed by atoms with Crippen LogP contribution in [0.15, 0.2) is 82.6 Å². The van der Waals surface area contributed by atoms with Crippen LogP contribution in [0, 0.1) is 12.8 Å². The van der Waals surface area contributed by atoms with Crippen LogP contribution in [0.2, 0.25) is 0 Å². The number of methoxy groups -OCH3 is 2. The van der Waals surface area contributed by atoms with Gasteiger partial charge in [0.25, 0.3) is 0 Å². The van der Waals surface area contributed by atoms with Crippen molar-refractivity contribution < 1.29 is 23.9 Å². The SMILES string of the molecule is COc1ccc(NC(=O)Cn2c3c(sc2=O)C(c2ccccc2OC)C2C(=O)N(c4ccc(C)cc4)C(=O)C2S3)cc1. The molecule has 0 saturated carbocycles. The van der Waals surface area contributed by atoms with Crippen molar-refractivity contribution in [1.82, 2.24) is 4.57 Å². The summed E-state index contributed by atoms with van der Waals surface area (Å²) in [5.41, 5.74) is 2.78. The molecule has 0 radical (unpaired) electrons. The van der Waals surface area contributed by atoms with Crippen LogP contribution in [0.5, 0.6) is 11.5 Å². The van der Waals surface area contributed by atoms with E-state index in [0.717, 1.165) is 16.9 Å². The molecular formula is C31H27N3O6S2. The smallest absolute Gasteiger partial charge is 0.308 e. The quantitative estimate of drug-likeness (QED) is 0.307. The number of amides is 3. The van der Waals surface area contributed by atoms with Crippen LogP contribution in [-0.2, 0) is 20.9 Å². The molecule has 3 amide bonds. The first-order valence-corrected chi connectivity index (χ1v) is 14.9. The molecule has 214 valence electrons. The molecule has 42 heavy (non-hydrogen) atoms. The second-order valence-electron chi connectivity index (χ2n) is 10.0. The number of rotatable bonds is 7. The molecular weight excluding hydrogens is 574 g/mol. The van der Waals surface area contributed by atoms with Crippen LogP contribution in [0.25, 0.3) is 0 Å². The summed E-state index contributed by atoms with van der Waals surface area (Å²) in [6, 6.07) is 21.5. The first kappa shape index (κ1) is 27.8. The number of aryl methyl sites for hydroxylation is 1. The third kappa shape index (κ3) is 4.78. The lowest BCUT2D eigenvalue weighted by molar-refractivity contribution is -0.122. The van der Waals surface area contributed by atoms with Gasteiger partial charge in [0, 0.05) is 22.0 Å². The largest absolute Gasteiger partial charge is 0.497 e. The Balaban J connectivity index is 1.41. The molecule has 0 bridgehead atoms. The molecule has 6 rings (SSSR count). The van der Waals surface area contributed by atoms with E-state index in [9.17, 15) is 19.2 Å². The Labute approximate surface area is 250 Å². The zero-order chi connectivity index (χ0) is 29.5. The number of benzene rings is 3. The highest BCUT2D eigenvalue weighted by Gasteiger charge is 2.57. The van der Waals surface area contributed by atoms with Crippen LogP contribution in [0.4, 0.5) is 11.4 Å². The maximum absolute atomic E-state index is 14.0. The molecule has 11 heteroatoms. The number of carbonyl (C=O) groups is 3. The Morgan fingerprint density at radius 3 is 2.31 bits per heavy atom. The van der Waals surface area contributed by atoms with E-state index in [0.29, 0.717) is 38.3 Å². The molecule has 3 aromatic carbocycles. The number of hydrogen-bond donors (Lipinski definition) is 1. The van der Waals surface area contributed by atoms with Crippen LogP contribution in [-0.4, -0.2) is 41.8 Å². The number of anilines is 2. The van der Waals surface area contributed by atoms with E-state index in [1.54, 1.807) is 56.7 Å². The monoisotopic (exact) mass is 601 g/mol. The molecule has 4 aromatic rings. The van der Waals surface area contributed by atoms with Gasteiger partial charge in [-0.3, -0.25) is 23.7 Å². The summed E-state index contributed by atoms with van der Waals surface area (Å²) in [5, 5.41) is 2.54. The third-order valence-corrected chi connectivity index (χ3v) is 10.1. The fraction of sp³-hybridized carbons (Fsp3) is 0.226. The van der Waals surface area contributed by atoms with Gasteiger partial charge in [-0.2, -0.15) is 0 Å². The van der Waals surface area contributed by atoms with E-state index in [4.69, 9.17) is 9.47 Å². The fourth-order valence-corrected chi connectivity index (χ4v) is 8.24. The highest BCUT2D eigenvalue weighted by molar-refractivity contribution is 8.00. The number of para-hydroxylation sites is 1. The Morgan fingerprint density at radius 1 is 0.905 bits per heavy atom. The second kappa shape index (κ2) is 11.1. The Hall–Kier alpha value is -4.35. The maximum atomic E-state index is 14.0. The third-order valence-electron chi connectivity index (χ3n) is 7.49. The number of aromatic nitrogens is 1. The summed E-state index contributed by atoms with van der Waals surface area (Å²) >= 11 is 2.17. The summed E-state index contributed by atoms with van der Waals surface area (Å²) < 4.78 is 12.2. The zero-order valence-electron chi connectivity index (χ0n) is 23.0. The van der Waals surface area contributed by atoms with Gasteiger partial charge in [0.15, 0.2) is 0 Å². The van der Waals surface area contributed by atoms with Crippen molar-refractivity contribution in [3.8, 4) is 11.5 Å². The molecule has 2 aliphatic heterocycles. The minimum atomic E-state index is -0.786. The highest BCUT2D eigenvalue weighted by Crippen LogP contribution is 2.55. The number of nitrogens with one attached hydrogen (secondary N) is 1. The first-order valence-electron chi connectivity index (χ1n) is 13.2. The number of nitrogens with zero attached hydrogens (tertiary/aromatic N) is 2. The van der Waals surface area contributed by atoms with E-state index >= 15 is 0 Å². The maximum Gasteiger partial charge on any atom is 0.308 e. The normalized spacial score (nSPS) is 19.3. The molecule has 1 aromatic heterocycles. The van der Waals surface area contributed by atoms with Crippen LogP contribution < -0.4 is 24.6 Å². The molecule has 0 aliphatic carbocycles. The molecule has 1 saturated heterocycles. The number of ether oxygens (including phenoxy) is 2. The van der Waals surface area contributed by atoms with Crippen molar-refractivity contribution in [1.29, 1.82) is 0 Å². The van der Waals surface area contributed by atoms with Gasteiger partial charge in [-0.05, 0) is 49.4 Å². The van der Waals surface area contributed by atoms with E-state index < -0.39 is 23.0 Å². The summed E-state index contributed by atoms with van der Waals surface area (Å²) in [5.74, 6) is -1.23. The van der Waals surface area contributed by atoms with E-state index in [2.05, 4.69) is 5.32 Å². The van der Waals surface area contributed by atoms with E-state index in [1.165, 1.54) is 21.2 Å². The van der Waals surface area contributed by atoms with Crippen molar-refractivity contribution in [2.45, 2.75) is 29.7 Å². The predicted molar refractivity (Wildman–Crippen MR) is 162 cm³/mol. The van der Waals surface area contributed by atoms with Gasteiger partial charge in [0.2, 0.25) is 17.7 Å². The van der Waals surface area contributed by atoms with Gasteiger partial charge in [-0.25, -0.2) is 4.90 Å². The number of thiazole rings is 1. The van der Waals surface area contributed by atoms with Gasteiger partial charge in [-0.15, -0.1) is 0 Å². The number of fused-ring (bicyclic) bond motifs is 2. The molecule has 2 aliphatic rings. The number of carbonyl (C=O) groups excluding carboxylic acids is 3. The van der Waals surface area contributed by atoms with Gasteiger partial charge in [0.1, 0.15) is 23.3 Å². The zero-order valence-corrected chi connectivity index (χ0v) is 24.7. The number of thioether (sulfide) groups is 1. The van der Waals surface area contributed by atoms with Crippen molar-refractivity contribution in [2.75, 3.05) is 24.4 Å². The molecule has 9 nitrogen and oxygen atoms in total. The van der Waals surface area contributed by atoms with Crippen molar-refractivity contribution in [2.24, 2.45) is 5.92 Å². The summed E-state index contributed by atoms with van der Waals surface area (Å²) in [6.45, 7) is 1.69. The van der Waals surface area contributed by atoms with Crippen LogP contribution >= 0.6 is 23.1 Å². The average molecular weight is 602 g/mol. The van der Waals surface area contributed by atoms with Gasteiger partial charge >= 0.3 is 4.87 Å². The van der Waals surface area contributed by atoms with Crippen molar-refractivity contribution >= 4 is 52.2 Å². The number of imide groups is 1. The van der Waals surface area contributed by atoms with E-state index in [-0.39, 0.29) is 23.2 Å². The minimum Gasteiger partial charge on any atom is -0.497 e. The van der Waals surface area contributed by atoms with E-state index in [1.807, 2.05) is 37.3 Å². The lowest BCUT2D eigenvalue weighted by Gasteiger charge is -2.31. The molecule has 3 unspecified atom stereocenters. The lowest BCUT2D eigenvalue weighted by atomic mass is 9.82. The lowest BCUT2D eigenvalue weighted by Crippen LogP contribution is -2.33. The molecule has 0 spiro atoms. The predicted octanol–water partition coefficient (Wildman–Crippen LogP) is 4.67. The molecule has 1 N–H and O–H groups in total. The topological polar surface area (TPSA) is 107 Å². The molecule has 3 atom stereocenters. The Kier molecular flexibility index (Phi) is 7.38. The molecule has 1 fully saturated rings. The standard InChI is InChI=1S/C31H27N3O6S2/c1-17-8-12-19(13-9-17)34-28(36)25-24(21-6-4-5-7-22(21)40-3)27-30(41-26(25)29(34)37)33(31(38)42-27)16-23(35)32-18-10-14-20(39-2)15-11-18/h4-15,24-26H,16H2,1-3H3,(H,32,35). The molecule has 3 heterocycles. The second-order valence-corrected chi connectivity index (χ2v) is 12.2. The summed E-state index contributed by atoms with van der Waals surface area (Å²) in [6.07, 6.45) is 0. The van der Waals surface area contributed by atoms with Crippen LogP contribution in [0.3, 0.4) is 0 Å². The van der Waals surface area contributed by atoms with Gasteiger partial charge < -0.3 is 14.8 Å².